The van der Waals surface area contributed by atoms with Gasteiger partial charge >= 0.3 is 5.97 Å². The minimum Gasteiger partial charge on any atom is -0.456 e. The summed E-state index contributed by atoms with van der Waals surface area (Å²) in [5.41, 5.74) is 3.38. The Labute approximate surface area is 237 Å². The van der Waals surface area contributed by atoms with Gasteiger partial charge in [0.25, 0.3) is 10.1 Å². The highest BCUT2D eigenvalue weighted by molar-refractivity contribution is 8.00. The van der Waals surface area contributed by atoms with E-state index in [2.05, 4.69) is 5.32 Å². The zero-order chi connectivity index (χ0) is 28.8. The SMILES string of the molecule is CN(C)c1ccc2c(c1)Oc1cc(N(C)C)ccc1C21OC(=O)c2cc(NC(=O)CSCCS(=O)(=O)O)ccc21. The number of hydrogen-bond donors (Lipinski definition) is 2. The normalized spacial score (nSPS) is 14.5. The van der Waals surface area contributed by atoms with Crippen molar-refractivity contribution in [2.24, 2.45) is 0 Å². The zero-order valence-electron chi connectivity index (χ0n) is 22.4. The molecule has 0 unspecified atom stereocenters. The third-order valence-corrected chi connectivity index (χ3v) is 8.75. The first-order valence-corrected chi connectivity index (χ1v) is 15.2. The third kappa shape index (κ3) is 5.09. The molecule has 0 bridgehead atoms. The Morgan fingerprint density at radius 3 is 2.05 bits per heavy atom. The van der Waals surface area contributed by atoms with Crippen LogP contribution in [-0.4, -0.2) is 70.3 Å². The van der Waals surface area contributed by atoms with Crippen LogP contribution in [0.4, 0.5) is 17.1 Å². The Kier molecular flexibility index (Phi) is 7.19. The van der Waals surface area contributed by atoms with E-state index >= 15 is 0 Å². The number of thioether (sulfide) groups is 1. The maximum Gasteiger partial charge on any atom is 0.340 e. The van der Waals surface area contributed by atoms with Crippen LogP contribution in [0.5, 0.6) is 11.5 Å². The predicted molar refractivity (Wildman–Crippen MR) is 156 cm³/mol. The first kappa shape index (κ1) is 27.8. The summed E-state index contributed by atoms with van der Waals surface area (Å²) in [4.78, 5) is 29.7. The highest BCUT2D eigenvalue weighted by atomic mass is 32.2. The largest absolute Gasteiger partial charge is 0.456 e. The average molecular weight is 584 g/mol. The van der Waals surface area contributed by atoms with Crippen LogP contribution in [0.3, 0.4) is 0 Å². The van der Waals surface area contributed by atoms with Crippen LogP contribution in [0.2, 0.25) is 0 Å². The van der Waals surface area contributed by atoms with Crippen LogP contribution in [0.15, 0.2) is 54.6 Å². The second kappa shape index (κ2) is 10.3. The minimum absolute atomic E-state index is 0.0124. The Morgan fingerprint density at radius 1 is 0.925 bits per heavy atom. The molecular formula is C28H29N3O7S2. The van der Waals surface area contributed by atoms with Crippen molar-refractivity contribution in [3.63, 3.8) is 0 Å². The number of hydrogen-bond acceptors (Lipinski definition) is 9. The lowest BCUT2D eigenvalue weighted by atomic mass is 9.77. The molecule has 3 aromatic carbocycles. The fraction of sp³-hybridized carbons (Fsp3) is 0.286. The van der Waals surface area contributed by atoms with Gasteiger partial charge in [0, 0.05) is 79.8 Å². The monoisotopic (exact) mass is 583 g/mol. The average Bonchev–Trinajstić information content (AvgIpc) is 3.17. The highest BCUT2D eigenvalue weighted by Crippen LogP contribution is 2.57. The van der Waals surface area contributed by atoms with Crippen molar-refractivity contribution in [1.29, 1.82) is 0 Å². The standard InChI is InChI=1S/C28H29N3O7S2/c1-30(2)18-6-9-22-24(14-18)37-25-15-19(31(3)4)7-10-23(25)28(22)21-8-5-17(13-20(21)27(33)38-28)29-26(32)16-39-11-12-40(34,35)36/h5-10,13-15H,11-12,16H2,1-4H3,(H,29,32)(H,34,35,36). The van der Waals surface area contributed by atoms with Gasteiger partial charge in [0.15, 0.2) is 5.60 Å². The second-order valence-electron chi connectivity index (χ2n) is 9.97. The van der Waals surface area contributed by atoms with E-state index in [0.29, 0.717) is 39.4 Å². The lowest BCUT2D eigenvalue weighted by Gasteiger charge is -2.37. The number of carbonyl (C=O) groups excluding carboxylic acids is 2. The molecule has 2 aliphatic heterocycles. The summed E-state index contributed by atoms with van der Waals surface area (Å²) >= 11 is 1.08. The van der Waals surface area contributed by atoms with E-state index in [1.165, 1.54) is 0 Å². The molecule has 0 atom stereocenters. The van der Waals surface area contributed by atoms with E-state index in [0.717, 1.165) is 23.1 Å². The third-order valence-electron chi connectivity index (χ3n) is 6.81. The molecule has 0 aromatic heterocycles. The van der Waals surface area contributed by atoms with Crippen LogP contribution in [0, 0.1) is 0 Å². The number of esters is 1. The maximum atomic E-state index is 13.4. The fourth-order valence-electron chi connectivity index (χ4n) is 4.87. The van der Waals surface area contributed by atoms with Crippen LogP contribution < -0.4 is 19.9 Å². The molecule has 1 amide bonds. The van der Waals surface area contributed by atoms with Crippen LogP contribution in [0.1, 0.15) is 27.0 Å². The smallest absolute Gasteiger partial charge is 0.340 e. The van der Waals surface area contributed by atoms with Crippen LogP contribution in [-0.2, 0) is 25.3 Å². The van der Waals surface area contributed by atoms with E-state index in [4.69, 9.17) is 14.0 Å². The molecule has 12 heteroatoms. The summed E-state index contributed by atoms with van der Waals surface area (Å²) in [6.45, 7) is 0. The Bertz CT molecular complexity index is 1560. The number of benzene rings is 3. The molecule has 0 radical (unpaired) electrons. The molecule has 5 rings (SSSR count). The van der Waals surface area contributed by atoms with Crippen LogP contribution >= 0.6 is 11.8 Å². The Hall–Kier alpha value is -3.74. The van der Waals surface area contributed by atoms with Crippen molar-refractivity contribution >= 4 is 50.8 Å². The summed E-state index contributed by atoms with van der Waals surface area (Å²) in [7, 11) is 3.67. The predicted octanol–water partition coefficient (Wildman–Crippen LogP) is 3.95. The van der Waals surface area contributed by atoms with Gasteiger partial charge in [0.1, 0.15) is 11.5 Å². The molecule has 1 spiro atoms. The number of fused-ring (bicyclic) bond motifs is 6. The van der Waals surface area contributed by atoms with Gasteiger partial charge in [-0.2, -0.15) is 20.2 Å². The first-order chi connectivity index (χ1) is 18.9. The quantitative estimate of drug-likeness (QED) is 0.229. The lowest BCUT2D eigenvalue weighted by molar-refractivity contribution is -0.113. The molecule has 0 aliphatic carbocycles. The molecule has 40 heavy (non-hydrogen) atoms. The summed E-state index contributed by atoms with van der Waals surface area (Å²) in [5, 5.41) is 2.74. The molecule has 3 aromatic rings. The Balaban J connectivity index is 1.52. The summed E-state index contributed by atoms with van der Waals surface area (Å²) in [6, 6.07) is 16.6. The van der Waals surface area contributed by atoms with Gasteiger partial charge in [-0.3, -0.25) is 9.35 Å². The van der Waals surface area contributed by atoms with E-state index in [-0.39, 0.29) is 17.4 Å². The van der Waals surface area contributed by atoms with Crippen molar-refractivity contribution in [2.75, 3.05) is 60.6 Å². The topological polar surface area (TPSA) is 125 Å². The zero-order valence-corrected chi connectivity index (χ0v) is 24.1. The van der Waals surface area contributed by atoms with Crippen molar-refractivity contribution in [3.8, 4) is 11.5 Å². The molecule has 0 saturated heterocycles. The Morgan fingerprint density at radius 2 is 1.50 bits per heavy atom. The minimum atomic E-state index is -4.08. The van der Waals surface area contributed by atoms with Gasteiger partial charge in [-0.25, -0.2) is 4.79 Å². The number of nitrogens with zero attached hydrogens (tertiary/aromatic N) is 2. The van der Waals surface area contributed by atoms with Crippen molar-refractivity contribution in [2.45, 2.75) is 5.60 Å². The van der Waals surface area contributed by atoms with Gasteiger partial charge in [-0.15, -0.1) is 0 Å². The highest BCUT2D eigenvalue weighted by Gasteiger charge is 2.53. The molecule has 2 N–H and O–H groups in total. The number of amides is 1. The molecule has 2 aliphatic rings. The van der Waals surface area contributed by atoms with E-state index < -0.39 is 27.4 Å². The summed E-state index contributed by atoms with van der Waals surface area (Å²) in [6.07, 6.45) is 0. The van der Waals surface area contributed by atoms with Gasteiger partial charge in [0.05, 0.1) is 17.1 Å². The number of rotatable bonds is 8. The molecule has 10 nitrogen and oxygen atoms in total. The molecule has 0 saturated carbocycles. The fourth-order valence-corrected chi connectivity index (χ4v) is 6.58. The molecule has 2 heterocycles. The van der Waals surface area contributed by atoms with Gasteiger partial charge < -0.3 is 24.6 Å². The first-order valence-electron chi connectivity index (χ1n) is 12.4. The van der Waals surface area contributed by atoms with Gasteiger partial charge in [-0.1, -0.05) is 6.07 Å². The van der Waals surface area contributed by atoms with Crippen molar-refractivity contribution in [1.82, 2.24) is 0 Å². The maximum absolute atomic E-state index is 13.4. The van der Waals surface area contributed by atoms with Crippen molar-refractivity contribution in [3.05, 3.63) is 76.9 Å². The molecule has 0 fully saturated rings. The van der Waals surface area contributed by atoms with Crippen molar-refractivity contribution < 1.29 is 32.0 Å². The van der Waals surface area contributed by atoms with Gasteiger partial charge in [-0.05, 0) is 36.4 Å². The molecular weight excluding hydrogens is 554 g/mol. The number of carbonyl (C=O) groups is 2. The van der Waals surface area contributed by atoms with Gasteiger partial charge in [0.2, 0.25) is 5.91 Å². The van der Waals surface area contributed by atoms with E-state index in [9.17, 15) is 18.0 Å². The van der Waals surface area contributed by atoms with E-state index in [1.54, 1.807) is 18.2 Å². The van der Waals surface area contributed by atoms with E-state index in [1.807, 2.05) is 74.4 Å². The lowest BCUT2D eigenvalue weighted by Crippen LogP contribution is -2.33. The summed E-state index contributed by atoms with van der Waals surface area (Å²) < 4.78 is 43.2. The second-order valence-corrected chi connectivity index (χ2v) is 12.6. The molecule has 210 valence electrons. The summed E-state index contributed by atoms with van der Waals surface area (Å²) in [5.74, 6) is -0.102. The number of ether oxygens (including phenoxy) is 2. The number of nitrogens with one attached hydrogen (secondary N) is 1. The van der Waals surface area contributed by atoms with Crippen LogP contribution in [0.25, 0.3) is 0 Å². The number of anilines is 3.